The molecule has 82 valence electrons. The third-order valence-electron chi connectivity index (χ3n) is 2.34. The van der Waals surface area contributed by atoms with Crippen molar-refractivity contribution in [1.82, 2.24) is 9.97 Å². The Hall–Kier alpha value is -1.61. The van der Waals surface area contributed by atoms with Crippen molar-refractivity contribution in [3.05, 3.63) is 41.0 Å². The zero-order chi connectivity index (χ0) is 11.5. The minimum absolute atomic E-state index is 0.709. The maximum Gasteiger partial charge on any atom is 0.161 e. The van der Waals surface area contributed by atoms with E-state index in [1.54, 1.807) is 6.20 Å². The fourth-order valence-electron chi connectivity index (χ4n) is 1.51. The van der Waals surface area contributed by atoms with Crippen LogP contribution in [-0.2, 0) is 0 Å². The molecule has 0 unspecified atom stereocenters. The van der Waals surface area contributed by atoms with Gasteiger partial charge in [-0.1, -0.05) is 11.6 Å². The van der Waals surface area contributed by atoms with Gasteiger partial charge in [-0.2, -0.15) is 0 Å². The number of anilines is 1. The maximum atomic E-state index is 5.91. The van der Waals surface area contributed by atoms with Crippen LogP contribution in [0.5, 0.6) is 0 Å². The molecule has 0 saturated heterocycles. The van der Waals surface area contributed by atoms with Crippen molar-refractivity contribution in [2.24, 2.45) is 0 Å². The zero-order valence-corrected chi connectivity index (χ0v) is 9.92. The van der Waals surface area contributed by atoms with Crippen molar-refractivity contribution in [2.45, 2.75) is 6.92 Å². The Balaban J connectivity index is 2.49. The first-order chi connectivity index (χ1) is 7.70. The van der Waals surface area contributed by atoms with E-state index >= 15 is 0 Å². The minimum atomic E-state index is 0.709. The lowest BCUT2D eigenvalue weighted by atomic mass is 10.1. The average Bonchev–Trinajstić information content (AvgIpc) is 2.29. The van der Waals surface area contributed by atoms with Crippen LogP contribution in [0.2, 0.25) is 5.02 Å². The molecule has 0 aliphatic rings. The van der Waals surface area contributed by atoms with E-state index in [2.05, 4.69) is 15.3 Å². The van der Waals surface area contributed by atoms with E-state index in [4.69, 9.17) is 11.6 Å². The molecule has 2 rings (SSSR count). The first kappa shape index (κ1) is 10.9. The molecule has 1 aromatic carbocycles. The molecule has 0 spiro atoms. The highest BCUT2D eigenvalue weighted by atomic mass is 35.5. The van der Waals surface area contributed by atoms with E-state index in [-0.39, 0.29) is 0 Å². The standard InChI is InChI=1S/C12H12ClN3/c1-8-7-9(13)3-4-10(8)12-15-6-5-11(14-2)16-12/h3-7H,1-2H3,(H,14,15,16). The number of nitrogens with one attached hydrogen (secondary N) is 1. The second-order valence-corrected chi connectivity index (χ2v) is 3.91. The summed E-state index contributed by atoms with van der Waals surface area (Å²) in [5, 5.41) is 3.72. The third-order valence-corrected chi connectivity index (χ3v) is 2.58. The van der Waals surface area contributed by atoms with Crippen LogP contribution in [0.15, 0.2) is 30.5 Å². The van der Waals surface area contributed by atoms with E-state index in [1.165, 1.54) is 0 Å². The summed E-state index contributed by atoms with van der Waals surface area (Å²) in [6.07, 6.45) is 1.74. The quantitative estimate of drug-likeness (QED) is 0.866. The Labute approximate surface area is 99.5 Å². The second-order valence-electron chi connectivity index (χ2n) is 3.47. The predicted octanol–water partition coefficient (Wildman–Crippen LogP) is 3.15. The van der Waals surface area contributed by atoms with Gasteiger partial charge in [0, 0.05) is 23.8 Å². The van der Waals surface area contributed by atoms with Gasteiger partial charge in [0.25, 0.3) is 0 Å². The van der Waals surface area contributed by atoms with Crippen LogP contribution >= 0.6 is 11.6 Å². The van der Waals surface area contributed by atoms with Crippen molar-refractivity contribution in [2.75, 3.05) is 12.4 Å². The molecule has 0 bridgehead atoms. The van der Waals surface area contributed by atoms with Crippen LogP contribution in [0, 0.1) is 6.92 Å². The number of rotatable bonds is 2. The molecule has 3 nitrogen and oxygen atoms in total. The van der Waals surface area contributed by atoms with Gasteiger partial charge in [-0.05, 0) is 36.8 Å². The highest BCUT2D eigenvalue weighted by molar-refractivity contribution is 6.30. The molecule has 0 aliphatic carbocycles. The molecular formula is C12H12ClN3. The van der Waals surface area contributed by atoms with Crippen LogP contribution in [0.1, 0.15) is 5.56 Å². The molecule has 4 heteroatoms. The van der Waals surface area contributed by atoms with E-state index in [9.17, 15) is 0 Å². The Bertz CT molecular complexity index is 511. The second kappa shape index (κ2) is 4.49. The van der Waals surface area contributed by atoms with Gasteiger partial charge in [0.05, 0.1) is 0 Å². The summed E-state index contributed by atoms with van der Waals surface area (Å²) in [7, 11) is 1.83. The van der Waals surface area contributed by atoms with E-state index in [0.29, 0.717) is 5.82 Å². The summed E-state index contributed by atoms with van der Waals surface area (Å²) >= 11 is 5.91. The van der Waals surface area contributed by atoms with Gasteiger partial charge in [0.2, 0.25) is 0 Å². The SMILES string of the molecule is CNc1ccnc(-c2ccc(Cl)cc2C)n1. The van der Waals surface area contributed by atoms with Crippen LogP contribution in [0.4, 0.5) is 5.82 Å². The highest BCUT2D eigenvalue weighted by Crippen LogP contribution is 2.23. The lowest BCUT2D eigenvalue weighted by molar-refractivity contribution is 1.16. The first-order valence-corrected chi connectivity index (χ1v) is 5.36. The van der Waals surface area contributed by atoms with Crippen LogP contribution in [0.3, 0.4) is 0 Å². The number of hydrogen-bond acceptors (Lipinski definition) is 3. The van der Waals surface area contributed by atoms with E-state index in [0.717, 1.165) is 22.0 Å². The first-order valence-electron chi connectivity index (χ1n) is 4.98. The Morgan fingerprint density at radius 1 is 1.25 bits per heavy atom. The van der Waals surface area contributed by atoms with Gasteiger partial charge in [0.15, 0.2) is 5.82 Å². The smallest absolute Gasteiger partial charge is 0.161 e. The van der Waals surface area contributed by atoms with E-state index < -0.39 is 0 Å². The molecule has 16 heavy (non-hydrogen) atoms. The summed E-state index contributed by atoms with van der Waals surface area (Å²) in [4.78, 5) is 8.64. The highest BCUT2D eigenvalue weighted by Gasteiger charge is 2.05. The number of nitrogens with zero attached hydrogens (tertiary/aromatic N) is 2. The molecule has 0 amide bonds. The van der Waals surface area contributed by atoms with Crippen LogP contribution in [-0.4, -0.2) is 17.0 Å². The Morgan fingerprint density at radius 2 is 2.06 bits per heavy atom. The molecule has 0 fully saturated rings. The van der Waals surface area contributed by atoms with Gasteiger partial charge in [-0.25, -0.2) is 9.97 Å². The van der Waals surface area contributed by atoms with Gasteiger partial charge in [0.1, 0.15) is 5.82 Å². The number of benzene rings is 1. The molecule has 1 N–H and O–H groups in total. The molecule has 0 saturated carbocycles. The van der Waals surface area contributed by atoms with Crippen molar-refractivity contribution >= 4 is 17.4 Å². The summed E-state index contributed by atoms with van der Waals surface area (Å²) < 4.78 is 0. The molecule has 1 heterocycles. The van der Waals surface area contributed by atoms with Crippen LogP contribution in [0.25, 0.3) is 11.4 Å². The maximum absolute atomic E-state index is 5.91. The number of halogens is 1. The van der Waals surface area contributed by atoms with Crippen LogP contribution < -0.4 is 5.32 Å². The largest absolute Gasteiger partial charge is 0.373 e. The van der Waals surface area contributed by atoms with E-state index in [1.807, 2.05) is 38.2 Å². The zero-order valence-electron chi connectivity index (χ0n) is 9.16. The molecule has 2 aromatic rings. The fourth-order valence-corrected chi connectivity index (χ4v) is 1.73. The minimum Gasteiger partial charge on any atom is -0.373 e. The summed E-state index contributed by atoms with van der Waals surface area (Å²) in [5.74, 6) is 1.51. The van der Waals surface area contributed by atoms with Crippen molar-refractivity contribution < 1.29 is 0 Å². The molecule has 0 aliphatic heterocycles. The monoisotopic (exact) mass is 233 g/mol. The molecular weight excluding hydrogens is 222 g/mol. The van der Waals surface area contributed by atoms with Gasteiger partial charge in [-0.15, -0.1) is 0 Å². The van der Waals surface area contributed by atoms with Gasteiger partial charge < -0.3 is 5.32 Å². The summed E-state index contributed by atoms with van der Waals surface area (Å²) in [6.45, 7) is 2.00. The lowest BCUT2D eigenvalue weighted by Crippen LogP contribution is -1.96. The molecule has 0 atom stereocenters. The topological polar surface area (TPSA) is 37.8 Å². The Kier molecular flexibility index (Phi) is 3.06. The van der Waals surface area contributed by atoms with Crippen molar-refractivity contribution in [3.63, 3.8) is 0 Å². The molecule has 0 radical (unpaired) electrons. The summed E-state index contributed by atoms with van der Waals surface area (Å²) in [5.41, 5.74) is 2.07. The predicted molar refractivity (Wildman–Crippen MR) is 66.8 cm³/mol. The van der Waals surface area contributed by atoms with Gasteiger partial charge in [-0.3, -0.25) is 0 Å². The summed E-state index contributed by atoms with van der Waals surface area (Å²) in [6, 6.07) is 7.52. The van der Waals surface area contributed by atoms with Crippen molar-refractivity contribution in [1.29, 1.82) is 0 Å². The number of aromatic nitrogens is 2. The fraction of sp³-hybridized carbons (Fsp3) is 0.167. The third kappa shape index (κ3) is 2.14. The normalized spacial score (nSPS) is 10.2. The number of aryl methyl sites for hydroxylation is 1. The number of hydrogen-bond donors (Lipinski definition) is 1. The van der Waals surface area contributed by atoms with Crippen molar-refractivity contribution in [3.8, 4) is 11.4 Å². The molecule has 1 aromatic heterocycles. The average molecular weight is 234 g/mol. The Morgan fingerprint density at radius 3 is 2.75 bits per heavy atom. The van der Waals surface area contributed by atoms with Gasteiger partial charge >= 0.3 is 0 Å². The lowest BCUT2D eigenvalue weighted by Gasteiger charge is -2.06.